The molecule has 1 atom stereocenters. The van der Waals surface area contributed by atoms with Crippen LogP contribution in [0.15, 0.2) is 30.3 Å². The first-order valence-electron chi connectivity index (χ1n) is 4.90. The predicted octanol–water partition coefficient (Wildman–Crippen LogP) is 3.15. The van der Waals surface area contributed by atoms with Gasteiger partial charge in [0.15, 0.2) is 0 Å². The third-order valence-corrected chi connectivity index (χ3v) is 4.58. The summed E-state index contributed by atoms with van der Waals surface area (Å²) in [5.41, 5.74) is 6.65. The molecule has 0 aliphatic carbocycles. The highest BCUT2D eigenvalue weighted by Crippen LogP contribution is 2.51. The molecule has 84 valence electrons. The zero-order chi connectivity index (χ0) is 11.5. The summed E-state index contributed by atoms with van der Waals surface area (Å²) in [6.07, 6.45) is 0. The van der Waals surface area contributed by atoms with Gasteiger partial charge >= 0.3 is 0 Å². The van der Waals surface area contributed by atoms with E-state index in [1.54, 1.807) is 0 Å². The highest BCUT2D eigenvalue weighted by Gasteiger charge is 2.33. The lowest BCUT2D eigenvalue weighted by atomic mass is 10.2. The van der Waals surface area contributed by atoms with Crippen LogP contribution >= 0.6 is 7.52 Å². The number of hydrogen-bond donors (Lipinski definition) is 1. The van der Waals surface area contributed by atoms with E-state index in [1.807, 2.05) is 51.1 Å². The standard InChI is InChI=1S/C11H18NO2P/c1-11(2,3)15(12,13)14-9-10-7-5-4-6-8-10/h4-8H,9H2,1-3H3,(H2,12,13). The largest absolute Gasteiger partial charge is 0.313 e. The maximum absolute atomic E-state index is 12.0. The zero-order valence-electron chi connectivity index (χ0n) is 9.43. The van der Waals surface area contributed by atoms with Crippen molar-refractivity contribution in [3.8, 4) is 0 Å². The fraction of sp³-hybridized carbons (Fsp3) is 0.455. The van der Waals surface area contributed by atoms with Crippen molar-refractivity contribution in [2.75, 3.05) is 0 Å². The van der Waals surface area contributed by atoms with Gasteiger partial charge in [0.1, 0.15) is 0 Å². The van der Waals surface area contributed by atoms with E-state index in [2.05, 4.69) is 0 Å². The fourth-order valence-electron chi connectivity index (χ4n) is 0.938. The zero-order valence-corrected chi connectivity index (χ0v) is 10.3. The molecule has 2 N–H and O–H groups in total. The first kappa shape index (κ1) is 12.4. The minimum atomic E-state index is -3.04. The molecule has 0 aliphatic heterocycles. The summed E-state index contributed by atoms with van der Waals surface area (Å²) in [7, 11) is -3.04. The van der Waals surface area contributed by atoms with Crippen LogP contribution in [0.2, 0.25) is 0 Å². The van der Waals surface area contributed by atoms with Crippen molar-refractivity contribution in [3.63, 3.8) is 0 Å². The Bertz CT molecular complexity index is 357. The van der Waals surface area contributed by atoms with Crippen LogP contribution in [-0.2, 0) is 15.7 Å². The summed E-state index contributed by atoms with van der Waals surface area (Å²) < 4.78 is 17.3. The molecule has 0 saturated heterocycles. The summed E-state index contributed by atoms with van der Waals surface area (Å²) in [6, 6.07) is 9.59. The van der Waals surface area contributed by atoms with E-state index >= 15 is 0 Å². The van der Waals surface area contributed by atoms with E-state index in [1.165, 1.54) is 0 Å². The van der Waals surface area contributed by atoms with Gasteiger partial charge in [-0.25, -0.2) is 0 Å². The van der Waals surface area contributed by atoms with Crippen LogP contribution in [0.5, 0.6) is 0 Å². The molecule has 4 heteroatoms. The summed E-state index contributed by atoms with van der Waals surface area (Å²) in [5, 5.41) is -0.512. The van der Waals surface area contributed by atoms with Crippen LogP contribution in [0.1, 0.15) is 26.3 Å². The van der Waals surface area contributed by atoms with Crippen LogP contribution in [-0.4, -0.2) is 5.16 Å². The lowest BCUT2D eigenvalue weighted by Crippen LogP contribution is -2.22. The lowest BCUT2D eigenvalue weighted by Gasteiger charge is -2.26. The van der Waals surface area contributed by atoms with Crippen LogP contribution in [0.3, 0.4) is 0 Å². The number of benzene rings is 1. The Balaban J connectivity index is 2.62. The van der Waals surface area contributed by atoms with Crippen molar-refractivity contribution in [1.29, 1.82) is 0 Å². The third-order valence-electron chi connectivity index (χ3n) is 2.20. The van der Waals surface area contributed by atoms with Gasteiger partial charge in [0, 0.05) is 0 Å². The molecule has 0 aromatic heterocycles. The van der Waals surface area contributed by atoms with Crippen molar-refractivity contribution >= 4 is 7.52 Å². The van der Waals surface area contributed by atoms with Gasteiger partial charge in [0.2, 0.25) is 0 Å². The van der Waals surface area contributed by atoms with Gasteiger partial charge in [-0.15, -0.1) is 0 Å². The molecule has 0 spiro atoms. The van der Waals surface area contributed by atoms with E-state index in [9.17, 15) is 4.57 Å². The molecule has 1 aromatic rings. The summed E-state index contributed by atoms with van der Waals surface area (Å²) >= 11 is 0. The summed E-state index contributed by atoms with van der Waals surface area (Å²) in [4.78, 5) is 0. The van der Waals surface area contributed by atoms with Gasteiger partial charge < -0.3 is 4.52 Å². The van der Waals surface area contributed by atoms with Gasteiger partial charge in [-0.1, -0.05) is 30.3 Å². The Hall–Kier alpha value is -0.630. The van der Waals surface area contributed by atoms with Crippen molar-refractivity contribution in [3.05, 3.63) is 35.9 Å². The molecule has 1 aromatic carbocycles. The van der Waals surface area contributed by atoms with Crippen LogP contribution in [0, 0.1) is 0 Å². The number of hydrogen-bond acceptors (Lipinski definition) is 2. The molecular formula is C11H18NO2P. The normalized spacial score (nSPS) is 16.0. The van der Waals surface area contributed by atoms with Crippen molar-refractivity contribution < 1.29 is 9.09 Å². The molecule has 0 amide bonds. The fourth-order valence-corrected chi connectivity index (χ4v) is 1.67. The molecule has 0 bridgehead atoms. The molecule has 3 nitrogen and oxygen atoms in total. The number of nitrogens with two attached hydrogens (primary N) is 1. The second-order valence-electron chi connectivity index (χ2n) is 4.53. The molecule has 0 heterocycles. The smallest absolute Gasteiger partial charge is 0.272 e. The van der Waals surface area contributed by atoms with E-state index in [0.717, 1.165) is 5.56 Å². The average Bonchev–Trinajstić information content (AvgIpc) is 2.15. The van der Waals surface area contributed by atoms with Gasteiger partial charge in [-0.2, -0.15) is 0 Å². The molecule has 0 aliphatic rings. The van der Waals surface area contributed by atoms with Crippen LogP contribution in [0.25, 0.3) is 0 Å². The van der Waals surface area contributed by atoms with E-state index < -0.39 is 12.7 Å². The second-order valence-corrected chi connectivity index (χ2v) is 7.32. The molecule has 1 rings (SSSR count). The van der Waals surface area contributed by atoms with Crippen molar-refractivity contribution in [2.45, 2.75) is 32.5 Å². The van der Waals surface area contributed by atoms with Crippen molar-refractivity contribution in [2.24, 2.45) is 5.50 Å². The molecule has 1 unspecified atom stereocenters. The first-order chi connectivity index (χ1) is 6.83. The quantitative estimate of drug-likeness (QED) is 0.807. The van der Waals surface area contributed by atoms with Gasteiger partial charge in [-0.05, 0) is 26.3 Å². The molecular weight excluding hydrogens is 209 g/mol. The van der Waals surface area contributed by atoms with Crippen LogP contribution < -0.4 is 5.50 Å². The first-order valence-corrected chi connectivity index (χ1v) is 6.59. The highest BCUT2D eigenvalue weighted by molar-refractivity contribution is 7.58. The molecule has 0 saturated carbocycles. The third kappa shape index (κ3) is 3.45. The second kappa shape index (κ2) is 4.48. The van der Waals surface area contributed by atoms with Crippen LogP contribution in [0.4, 0.5) is 0 Å². The molecule has 0 fully saturated rings. The highest BCUT2D eigenvalue weighted by atomic mass is 31.2. The van der Waals surface area contributed by atoms with E-state index in [0.29, 0.717) is 6.61 Å². The Morgan fingerprint density at radius 3 is 2.27 bits per heavy atom. The van der Waals surface area contributed by atoms with Gasteiger partial charge in [0.25, 0.3) is 7.52 Å². The molecule has 15 heavy (non-hydrogen) atoms. The van der Waals surface area contributed by atoms with E-state index in [4.69, 9.17) is 10.0 Å². The van der Waals surface area contributed by atoms with E-state index in [-0.39, 0.29) is 0 Å². The maximum Gasteiger partial charge on any atom is 0.272 e. The van der Waals surface area contributed by atoms with Gasteiger partial charge in [-0.3, -0.25) is 10.1 Å². The monoisotopic (exact) mass is 227 g/mol. The summed E-state index contributed by atoms with van der Waals surface area (Å²) in [6.45, 7) is 5.75. The minimum absolute atomic E-state index is 0.298. The Labute approximate surface area is 91.1 Å². The lowest BCUT2D eigenvalue weighted by molar-refractivity contribution is 0.288. The van der Waals surface area contributed by atoms with Crippen molar-refractivity contribution in [1.82, 2.24) is 0 Å². The predicted molar refractivity (Wildman–Crippen MR) is 62.8 cm³/mol. The average molecular weight is 227 g/mol. The number of rotatable bonds is 3. The maximum atomic E-state index is 12.0. The Morgan fingerprint density at radius 1 is 1.27 bits per heavy atom. The topological polar surface area (TPSA) is 52.3 Å². The molecule has 0 radical (unpaired) electrons. The Kier molecular flexibility index (Phi) is 3.72. The summed E-state index contributed by atoms with van der Waals surface area (Å²) in [5.74, 6) is 0. The Morgan fingerprint density at radius 2 is 1.80 bits per heavy atom. The minimum Gasteiger partial charge on any atom is -0.313 e. The van der Waals surface area contributed by atoms with Gasteiger partial charge in [0.05, 0.1) is 11.8 Å². The SMILES string of the molecule is CC(C)(C)P(N)(=O)OCc1ccccc1.